The van der Waals surface area contributed by atoms with Crippen molar-refractivity contribution in [2.45, 2.75) is 0 Å². The summed E-state index contributed by atoms with van der Waals surface area (Å²) < 4.78 is 6.57. The molecule has 0 aliphatic rings. The van der Waals surface area contributed by atoms with E-state index in [0.717, 1.165) is 56.0 Å². The van der Waals surface area contributed by atoms with Crippen molar-refractivity contribution >= 4 is 43.6 Å². The van der Waals surface area contributed by atoms with Crippen molar-refractivity contribution in [3.63, 3.8) is 0 Å². The highest BCUT2D eigenvalue weighted by Crippen LogP contribution is 2.38. The van der Waals surface area contributed by atoms with E-state index in [4.69, 9.17) is 5.10 Å². The van der Waals surface area contributed by atoms with Crippen molar-refractivity contribution in [1.82, 2.24) is 34.1 Å². The molecule has 0 atom stereocenters. The molecular formula is C42H27N7. The summed E-state index contributed by atoms with van der Waals surface area (Å²) in [6.45, 7) is 0. The molecule has 5 heterocycles. The zero-order chi connectivity index (χ0) is 32.3. The first kappa shape index (κ1) is 27.3. The average Bonchev–Trinajstić information content (AvgIpc) is 3.86. The summed E-state index contributed by atoms with van der Waals surface area (Å²) in [5, 5.41) is 14.1. The molecule has 0 fully saturated rings. The SMILES string of the molecule is c1cncc(-c2c(-c3ccc4c(c3)c3ccccc3n4-c3cccc(-n4c5ccccc5c5ccccc54)c3)nnn2-c2cccnc2)c1. The molecule has 0 aliphatic heterocycles. The van der Waals surface area contributed by atoms with E-state index in [1.807, 2.05) is 35.1 Å². The van der Waals surface area contributed by atoms with Gasteiger partial charge in [-0.3, -0.25) is 9.97 Å². The number of rotatable bonds is 5. The molecule has 0 unspecified atom stereocenters. The highest BCUT2D eigenvalue weighted by Gasteiger charge is 2.21. The first-order chi connectivity index (χ1) is 24.3. The molecule has 0 N–H and O–H groups in total. The predicted molar refractivity (Wildman–Crippen MR) is 196 cm³/mol. The van der Waals surface area contributed by atoms with E-state index in [1.165, 1.54) is 27.2 Å². The zero-order valence-corrected chi connectivity index (χ0v) is 26.2. The summed E-state index contributed by atoms with van der Waals surface area (Å²) in [4.78, 5) is 8.74. The minimum absolute atomic E-state index is 0.781. The van der Waals surface area contributed by atoms with Gasteiger partial charge in [0.25, 0.3) is 0 Å². The van der Waals surface area contributed by atoms with Crippen LogP contribution >= 0.6 is 0 Å². The second-order valence-corrected chi connectivity index (χ2v) is 12.1. The number of nitrogens with zero attached hydrogens (tertiary/aromatic N) is 7. The van der Waals surface area contributed by atoms with Crippen molar-refractivity contribution in [3.8, 4) is 39.6 Å². The molecule has 10 aromatic rings. The van der Waals surface area contributed by atoms with Crippen molar-refractivity contribution in [3.05, 3.63) is 164 Å². The molecule has 7 nitrogen and oxygen atoms in total. The first-order valence-corrected chi connectivity index (χ1v) is 16.2. The summed E-state index contributed by atoms with van der Waals surface area (Å²) in [5.74, 6) is 0. The van der Waals surface area contributed by atoms with Gasteiger partial charge in [0.1, 0.15) is 11.4 Å². The van der Waals surface area contributed by atoms with Crippen molar-refractivity contribution in [1.29, 1.82) is 0 Å². The molecule has 0 aliphatic carbocycles. The van der Waals surface area contributed by atoms with Gasteiger partial charge < -0.3 is 9.13 Å². The van der Waals surface area contributed by atoms with Gasteiger partial charge in [0.05, 0.1) is 34.0 Å². The Hall–Kier alpha value is -6.86. The summed E-state index contributed by atoms with van der Waals surface area (Å²) >= 11 is 0. The van der Waals surface area contributed by atoms with Gasteiger partial charge in [-0.25, -0.2) is 4.68 Å². The van der Waals surface area contributed by atoms with E-state index >= 15 is 0 Å². The molecule has 0 saturated carbocycles. The number of fused-ring (bicyclic) bond motifs is 6. The number of hydrogen-bond acceptors (Lipinski definition) is 4. The van der Waals surface area contributed by atoms with Crippen LogP contribution in [0.1, 0.15) is 0 Å². The molecule has 7 heteroatoms. The van der Waals surface area contributed by atoms with Gasteiger partial charge in [-0.2, -0.15) is 0 Å². The predicted octanol–water partition coefficient (Wildman–Crippen LogP) is 9.59. The Morgan fingerprint density at radius 2 is 0.980 bits per heavy atom. The maximum Gasteiger partial charge on any atom is 0.121 e. The van der Waals surface area contributed by atoms with Crippen LogP contribution in [0.2, 0.25) is 0 Å². The smallest absolute Gasteiger partial charge is 0.121 e. The van der Waals surface area contributed by atoms with Crippen LogP contribution in [-0.4, -0.2) is 34.1 Å². The number of pyridine rings is 2. The fraction of sp³-hybridized carbons (Fsp3) is 0. The van der Waals surface area contributed by atoms with Crippen LogP contribution in [0.15, 0.2) is 164 Å². The monoisotopic (exact) mass is 629 g/mol. The van der Waals surface area contributed by atoms with E-state index in [1.54, 1.807) is 18.6 Å². The molecule has 0 radical (unpaired) electrons. The van der Waals surface area contributed by atoms with Crippen molar-refractivity contribution in [2.75, 3.05) is 0 Å². The fourth-order valence-electron chi connectivity index (χ4n) is 7.27. The lowest BCUT2D eigenvalue weighted by Gasteiger charge is -2.13. The van der Waals surface area contributed by atoms with Gasteiger partial charge in [0.2, 0.25) is 0 Å². The van der Waals surface area contributed by atoms with Gasteiger partial charge in [-0.15, -0.1) is 5.10 Å². The zero-order valence-electron chi connectivity index (χ0n) is 26.2. The van der Waals surface area contributed by atoms with E-state index in [2.05, 4.69) is 140 Å². The van der Waals surface area contributed by atoms with Gasteiger partial charge in [0, 0.05) is 62.6 Å². The minimum atomic E-state index is 0.781. The van der Waals surface area contributed by atoms with Crippen LogP contribution in [0.3, 0.4) is 0 Å². The van der Waals surface area contributed by atoms with Crippen LogP contribution < -0.4 is 0 Å². The topological polar surface area (TPSA) is 66.3 Å². The molecule has 49 heavy (non-hydrogen) atoms. The fourth-order valence-corrected chi connectivity index (χ4v) is 7.27. The second-order valence-electron chi connectivity index (χ2n) is 12.1. The Balaban J connectivity index is 1.17. The van der Waals surface area contributed by atoms with E-state index in [0.29, 0.717) is 0 Å². The van der Waals surface area contributed by atoms with Crippen LogP contribution in [0.4, 0.5) is 0 Å². The van der Waals surface area contributed by atoms with Crippen LogP contribution in [-0.2, 0) is 0 Å². The lowest BCUT2D eigenvalue weighted by molar-refractivity contribution is 0.804. The molecule has 0 bridgehead atoms. The first-order valence-electron chi connectivity index (χ1n) is 16.2. The Morgan fingerprint density at radius 3 is 1.59 bits per heavy atom. The summed E-state index contributed by atoms with van der Waals surface area (Å²) in [5.41, 5.74) is 11.2. The second kappa shape index (κ2) is 10.9. The van der Waals surface area contributed by atoms with Gasteiger partial charge in [-0.05, 0) is 72.8 Å². The van der Waals surface area contributed by atoms with Crippen LogP contribution in [0.5, 0.6) is 0 Å². The highest BCUT2D eigenvalue weighted by molar-refractivity contribution is 6.11. The number of aromatic nitrogens is 7. The van der Waals surface area contributed by atoms with E-state index in [-0.39, 0.29) is 0 Å². The number of para-hydroxylation sites is 3. The molecule has 10 rings (SSSR count). The molecule has 230 valence electrons. The number of hydrogen-bond donors (Lipinski definition) is 0. The third-order valence-corrected chi connectivity index (χ3v) is 9.37. The summed E-state index contributed by atoms with van der Waals surface area (Å²) in [6.07, 6.45) is 7.18. The Bertz CT molecular complexity index is 2770. The average molecular weight is 630 g/mol. The van der Waals surface area contributed by atoms with Crippen molar-refractivity contribution in [2.24, 2.45) is 0 Å². The third-order valence-electron chi connectivity index (χ3n) is 9.37. The molecule has 5 aromatic carbocycles. The highest BCUT2D eigenvalue weighted by atomic mass is 15.4. The summed E-state index contributed by atoms with van der Waals surface area (Å²) in [7, 11) is 0. The molecule has 0 amide bonds. The Kier molecular flexibility index (Phi) is 6.04. The van der Waals surface area contributed by atoms with E-state index in [9.17, 15) is 0 Å². The van der Waals surface area contributed by atoms with Crippen LogP contribution in [0.25, 0.3) is 83.2 Å². The van der Waals surface area contributed by atoms with Crippen molar-refractivity contribution < 1.29 is 0 Å². The normalized spacial score (nSPS) is 11.7. The molecule has 0 saturated heterocycles. The molecule has 0 spiro atoms. The Labute approximate surface area is 281 Å². The van der Waals surface area contributed by atoms with Crippen LogP contribution in [0, 0.1) is 0 Å². The lowest BCUT2D eigenvalue weighted by atomic mass is 10.0. The standard InChI is InChI=1S/C42H27N7/c1-4-17-37-33(14-1)34-15-2-5-18-38(34)47(37)30-11-7-12-31(25-30)48-39-19-6-3-16-35(39)36-24-28(20-21-40(36)48)41-42(29-10-8-22-43-26-29)49(46-45-41)32-13-9-23-44-27-32/h1-27H. The third kappa shape index (κ3) is 4.22. The van der Waals surface area contributed by atoms with Gasteiger partial charge in [0.15, 0.2) is 0 Å². The van der Waals surface area contributed by atoms with Gasteiger partial charge >= 0.3 is 0 Å². The maximum absolute atomic E-state index is 4.73. The minimum Gasteiger partial charge on any atom is -0.309 e. The molecular weight excluding hydrogens is 603 g/mol. The molecule has 5 aromatic heterocycles. The van der Waals surface area contributed by atoms with Gasteiger partial charge in [-0.1, -0.05) is 71.9 Å². The Morgan fingerprint density at radius 1 is 0.408 bits per heavy atom. The largest absolute Gasteiger partial charge is 0.309 e. The quantitative estimate of drug-likeness (QED) is 0.190. The van der Waals surface area contributed by atoms with E-state index < -0.39 is 0 Å². The lowest BCUT2D eigenvalue weighted by Crippen LogP contribution is -2.00. The maximum atomic E-state index is 4.73. The number of benzene rings is 5. The summed E-state index contributed by atoms with van der Waals surface area (Å²) in [6, 6.07) is 49.1.